The first-order chi connectivity index (χ1) is 10.1. The van der Waals surface area contributed by atoms with E-state index >= 15 is 0 Å². The second kappa shape index (κ2) is 6.11. The number of rotatable bonds is 4. The van der Waals surface area contributed by atoms with Crippen LogP contribution in [0.2, 0.25) is 0 Å². The van der Waals surface area contributed by atoms with Gasteiger partial charge in [-0.25, -0.2) is 4.79 Å². The zero-order valence-corrected chi connectivity index (χ0v) is 11.8. The van der Waals surface area contributed by atoms with Crippen molar-refractivity contribution in [2.75, 3.05) is 13.2 Å². The third kappa shape index (κ3) is 3.08. The Kier molecular flexibility index (Phi) is 4.21. The number of hydrogen-bond acceptors (Lipinski definition) is 4. The summed E-state index contributed by atoms with van der Waals surface area (Å²) < 4.78 is 26.9. The standard InChI is InChI=1S/C14H19FN2O4/c15-12-9-16(7-10-3-1-5-20-10)14(19)17(13(12)18)8-11-4-2-6-21-11/h9-11H,1-8H2. The fourth-order valence-corrected chi connectivity index (χ4v) is 2.91. The minimum absolute atomic E-state index is 0.0872. The highest BCUT2D eigenvalue weighted by Gasteiger charge is 2.22. The molecule has 0 spiro atoms. The number of aromatic nitrogens is 2. The molecule has 2 fully saturated rings. The average molecular weight is 298 g/mol. The van der Waals surface area contributed by atoms with Gasteiger partial charge in [0.15, 0.2) is 0 Å². The van der Waals surface area contributed by atoms with Crippen LogP contribution in [0.15, 0.2) is 15.8 Å². The summed E-state index contributed by atoms with van der Waals surface area (Å²) in [6.07, 6.45) is 4.19. The molecular weight excluding hydrogens is 279 g/mol. The maximum Gasteiger partial charge on any atom is 0.331 e. The van der Waals surface area contributed by atoms with E-state index in [0.717, 1.165) is 36.4 Å². The molecular formula is C14H19FN2O4. The molecule has 0 N–H and O–H groups in total. The lowest BCUT2D eigenvalue weighted by Crippen LogP contribution is -2.44. The molecule has 21 heavy (non-hydrogen) atoms. The van der Waals surface area contributed by atoms with Crippen LogP contribution in [-0.2, 0) is 22.6 Å². The Hall–Kier alpha value is -1.47. The van der Waals surface area contributed by atoms with Crippen molar-refractivity contribution >= 4 is 0 Å². The Balaban J connectivity index is 1.88. The lowest BCUT2D eigenvalue weighted by atomic mass is 10.2. The van der Waals surface area contributed by atoms with Crippen LogP contribution in [0.3, 0.4) is 0 Å². The topological polar surface area (TPSA) is 62.5 Å². The molecule has 2 aliphatic heterocycles. The van der Waals surface area contributed by atoms with Gasteiger partial charge in [0, 0.05) is 13.2 Å². The van der Waals surface area contributed by atoms with E-state index in [2.05, 4.69) is 0 Å². The van der Waals surface area contributed by atoms with Gasteiger partial charge in [-0.1, -0.05) is 0 Å². The molecule has 6 nitrogen and oxygen atoms in total. The highest BCUT2D eigenvalue weighted by Crippen LogP contribution is 2.14. The van der Waals surface area contributed by atoms with Crippen molar-refractivity contribution < 1.29 is 13.9 Å². The Morgan fingerprint density at radius 3 is 2.29 bits per heavy atom. The molecule has 116 valence electrons. The van der Waals surface area contributed by atoms with E-state index in [1.54, 1.807) is 0 Å². The average Bonchev–Trinajstić information content (AvgIpc) is 3.14. The molecule has 2 saturated heterocycles. The monoisotopic (exact) mass is 298 g/mol. The van der Waals surface area contributed by atoms with Crippen molar-refractivity contribution in [2.24, 2.45) is 0 Å². The van der Waals surface area contributed by atoms with E-state index in [9.17, 15) is 14.0 Å². The molecule has 0 aromatic carbocycles. The van der Waals surface area contributed by atoms with Crippen molar-refractivity contribution in [2.45, 2.75) is 51.0 Å². The first-order valence-electron chi connectivity index (χ1n) is 7.38. The zero-order chi connectivity index (χ0) is 14.8. The molecule has 0 saturated carbocycles. The summed E-state index contributed by atoms with van der Waals surface area (Å²) in [4.78, 5) is 24.2. The maximum absolute atomic E-state index is 13.8. The second-order valence-electron chi connectivity index (χ2n) is 5.60. The normalized spacial score (nSPS) is 25.6. The van der Waals surface area contributed by atoms with Gasteiger partial charge < -0.3 is 9.47 Å². The third-order valence-electron chi connectivity index (χ3n) is 4.03. The molecule has 0 amide bonds. The second-order valence-corrected chi connectivity index (χ2v) is 5.60. The Bertz CT molecular complexity index is 612. The van der Waals surface area contributed by atoms with Crippen LogP contribution in [-0.4, -0.2) is 34.6 Å². The predicted octanol–water partition coefficient (Wildman–Crippen LogP) is 0.507. The van der Waals surface area contributed by atoms with Gasteiger partial charge in [-0.2, -0.15) is 4.39 Å². The summed E-state index contributed by atoms with van der Waals surface area (Å²) in [5.41, 5.74) is -1.37. The van der Waals surface area contributed by atoms with E-state index in [4.69, 9.17) is 9.47 Å². The molecule has 0 aliphatic carbocycles. The van der Waals surface area contributed by atoms with Crippen LogP contribution >= 0.6 is 0 Å². The Labute approximate surface area is 121 Å². The smallest absolute Gasteiger partial charge is 0.331 e. The van der Waals surface area contributed by atoms with Crippen LogP contribution < -0.4 is 11.2 Å². The molecule has 1 aromatic heterocycles. The molecule has 3 heterocycles. The fourth-order valence-electron chi connectivity index (χ4n) is 2.91. The van der Waals surface area contributed by atoms with Crippen molar-refractivity contribution in [3.05, 3.63) is 32.9 Å². The highest BCUT2D eigenvalue weighted by molar-refractivity contribution is 4.92. The van der Waals surface area contributed by atoms with Gasteiger partial charge in [0.1, 0.15) is 0 Å². The zero-order valence-electron chi connectivity index (χ0n) is 11.8. The van der Waals surface area contributed by atoms with Crippen LogP contribution in [0.4, 0.5) is 4.39 Å². The molecule has 0 radical (unpaired) electrons. The Morgan fingerprint density at radius 2 is 1.71 bits per heavy atom. The molecule has 3 rings (SSSR count). The van der Waals surface area contributed by atoms with Gasteiger partial charge in [0.05, 0.1) is 31.5 Å². The van der Waals surface area contributed by atoms with Crippen molar-refractivity contribution in [1.29, 1.82) is 0 Å². The molecule has 2 aliphatic rings. The lowest BCUT2D eigenvalue weighted by Gasteiger charge is -2.16. The first-order valence-corrected chi connectivity index (χ1v) is 7.38. The summed E-state index contributed by atoms with van der Waals surface area (Å²) in [5.74, 6) is -0.911. The molecule has 2 atom stereocenters. The summed E-state index contributed by atoms with van der Waals surface area (Å²) in [5, 5.41) is 0. The van der Waals surface area contributed by atoms with Crippen molar-refractivity contribution in [1.82, 2.24) is 9.13 Å². The number of hydrogen-bond donors (Lipinski definition) is 0. The van der Waals surface area contributed by atoms with Crippen LogP contribution in [0, 0.1) is 5.82 Å². The van der Waals surface area contributed by atoms with E-state index in [1.807, 2.05) is 0 Å². The van der Waals surface area contributed by atoms with E-state index < -0.39 is 17.1 Å². The maximum atomic E-state index is 13.8. The fraction of sp³-hybridized carbons (Fsp3) is 0.714. The van der Waals surface area contributed by atoms with Crippen molar-refractivity contribution in [3.8, 4) is 0 Å². The van der Waals surface area contributed by atoms with Crippen LogP contribution in [0.5, 0.6) is 0 Å². The SMILES string of the molecule is O=c1c(F)cn(CC2CCCO2)c(=O)n1CC1CCCO1. The summed E-state index contributed by atoms with van der Waals surface area (Å²) in [7, 11) is 0. The van der Waals surface area contributed by atoms with Gasteiger partial charge in [-0.3, -0.25) is 13.9 Å². The van der Waals surface area contributed by atoms with Gasteiger partial charge in [0.25, 0.3) is 5.56 Å². The van der Waals surface area contributed by atoms with E-state index in [0.29, 0.717) is 13.2 Å². The molecule has 1 aromatic rings. The lowest BCUT2D eigenvalue weighted by molar-refractivity contribution is 0.0886. The third-order valence-corrected chi connectivity index (χ3v) is 4.03. The number of nitrogens with zero attached hydrogens (tertiary/aromatic N) is 2. The summed E-state index contributed by atoms with van der Waals surface area (Å²) >= 11 is 0. The number of ether oxygens (including phenoxy) is 2. The summed E-state index contributed by atoms with van der Waals surface area (Å²) in [6.45, 7) is 1.68. The van der Waals surface area contributed by atoms with Gasteiger partial charge >= 0.3 is 5.69 Å². The number of halogens is 1. The quantitative estimate of drug-likeness (QED) is 0.812. The van der Waals surface area contributed by atoms with Crippen LogP contribution in [0.25, 0.3) is 0 Å². The van der Waals surface area contributed by atoms with Crippen molar-refractivity contribution in [3.63, 3.8) is 0 Å². The van der Waals surface area contributed by atoms with E-state index in [-0.39, 0.29) is 25.3 Å². The minimum atomic E-state index is -0.911. The largest absolute Gasteiger partial charge is 0.376 e. The molecule has 7 heteroatoms. The molecule has 0 bridgehead atoms. The summed E-state index contributed by atoms with van der Waals surface area (Å²) in [6, 6.07) is 0. The Morgan fingerprint density at radius 1 is 1.10 bits per heavy atom. The predicted molar refractivity (Wildman–Crippen MR) is 72.9 cm³/mol. The van der Waals surface area contributed by atoms with Gasteiger partial charge in [-0.15, -0.1) is 0 Å². The van der Waals surface area contributed by atoms with Gasteiger partial charge in [0.2, 0.25) is 5.82 Å². The van der Waals surface area contributed by atoms with Gasteiger partial charge in [-0.05, 0) is 25.7 Å². The molecule has 2 unspecified atom stereocenters. The minimum Gasteiger partial charge on any atom is -0.376 e. The highest BCUT2D eigenvalue weighted by atomic mass is 19.1. The first kappa shape index (κ1) is 14.5. The van der Waals surface area contributed by atoms with Crippen LogP contribution in [0.1, 0.15) is 25.7 Å². The van der Waals surface area contributed by atoms with E-state index in [1.165, 1.54) is 4.57 Å².